The highest BCUT2D eigenvalue weighted by Crippen LogP contribution is 2.41. The minimum absolute atomic E-state index is 0.109. The molecule has 1 amide bonds. The van der Waals surface area contributed by atoms with Gasteiger partial charge in [-0.25, -0.2) is 9.97 Å². The fraction of sp³-hybridized carbons (Fsp3) is 0.333. The Morgan fingerprint density at radius 3 is 2.55 bits per heavy atom. The minimum atomic E-state index is 0.109. The number of fused-ring (bicyclic) bond motifs is 1. The van der Waals surface area contributed by atoms with E-state index in [1.807, 2.05) is 54.4 Å². The number of hydrogen-bond donors (Lipinski definition) is 0. The maximum absolute atomic E-state index is 13.4. The Morgan fingerprint density at radius 1 is 1.00 bits per heavy atom. The molecule has 1 saturated carbocycles. The zero-order valence-corrected chi connectivity index (χ0v) is 18.7. The normalized spacial score (nSPS) is 16.9. The molecule has 6 nitrogen and oxygen atoms in total. The number of carbonyl (C=O) groups is 1. The van der Waals surface area contributed by atoms with E-state index >= 15 is 0 Å². The first-order valence-corrected chi connectivity index (χ1v) is 11.7. The average molecular weight is 439 g/mol. The molecule has 0 spiro atoms. The lowest BCUT2D eigenvalue weighted by molar-refractivity contribution is 0.0714. The highest BCUT2D eigenvalue weighted by molar-refractivity contribution is 6.07. The Balaban J connectivity index is 1.25. The van der Waals surface area contributed by atoms with Crippen LogP contribution in [0.25, 0.3) is 22.1 Å². The van der Waals surface area contributed by atoms with Gasteiger partial charge in [-0.15, -0.1) is 0 Å². The van der Waals surface area contributed by atoms with Gasteiger partial charge in [0.2, 0.25) is 0 Å². The smallest absolute Gasteiger partial charge is 0.254 e. The van der Waals surface area contributed by atoms with E-state index in [1.165, 1.54) is 0 Å². The Kier molecular flexibility index (Phi) is 4.93. The zero-order valence-electron chi connectivity index (χ0n) is 18.7. The van der Waals surface area contributed by atoms with E-state index in [1.54, 1.807) is 0 Å². The highest BCUT2D eigenvalue weighted by Gasteiger charge is 2.32. The van der Waals surface area contributed by atoms with Crippen molar-refractivity contribution < 1.29 is 9.32 Å². The molecule has 0 unspecified atom stereocenters. The van der Waals surface area contributed by atoms with E-state index in [0.29, 0.717) is 19.0 Å². The van der Waals surface area contributed by atoms with Crippen molar-refractivity contribution in [3.63, 3.8) is 0 Å². The standard InChI is InChI=1S/C27H26N4O2/c1-17-15-24(33-30-17)23-16-28-26(20-9-10-20)29-25(23)19-11-13-31(14-12-19)27(32)22-8-4-6-18-5-2-3-7-21(18)22/h2-8,15-16,19-20H,9-14H2,1H3. The predicted molar refractivity (Wildman–Crippen MR) is 126 cm³/mol. The largest absolute Gasteiger partial charge is 0.356 e. The topological polar surface area (TPSA) is 72.1 Å². The van der Waals surface area contributed by atoms with Crippen molar-refractivity contribution in [3.05, 3.63) is 77.5 Å². The van der Waals surface area contributed by atoms with Gasteiger partial charge < -0.3 is 9.42 Å². The fourth-order valence-electron chi connectivity index (χ4n) is 4.88. The third-order valence-corrected chi connectivity index (χ3v) is 6.86. The summed E-state index contributed by atoms with van der Waals surface area (Å²) in [6.45, 7) is 3.35. The number of amides is 1. The molecular weight excluding hydrogens is 412 g/mol. The molecule has 2 aliphatic rings. The van der Waals surface area contributed by atoms with Crippen molar-refractivity contribution in [3.8, 4) is 11.3 Å². The van der Waals surface area contributed by atoms with Crippen LogP contribution < -0.4 is 0 Å². The molecule has 2 aromatic heterocycles. The molecule has 166 valence electrons. The first-order chi connectivity index (χ1) is 16.2. The van der Waals surface area contributed by atoms with Crippen LogP contribution in [0.2, 0.25) is 0 Å². The summed E-state index contributed by atoms with van der Waals surface area (Å²) in [4.78, 5) is 25.0. The summed E-state index contributed by atoms with van der Waals surface area (Å²) in [6, 6.07) is 16.0. The number of nitrogens with zero attached hydrogens (tertiary/aromatic N) is 4. The van der Waals surface area contributed by atoms with E-state index < -0.39 is 0 Å². The zero-order chi connectivity index (χ0) is 22.4. The maximum atomic E-state index is 13.4. The van der Waals surface area contributed by atoms with Gasteiger partial charge in [-0.1, -0.05) is 41.6 Å². The molecule has 4 aromatic rings. The second-order valence-electron chi connectivity index (χ2n) is 9.23. The van der Waals surface area contributed by atoms with E-state index in [0.717, 1.165) is 70.6 Å². The van der Waals surface area contributed by atoms with E-state index in [4.69, 9.17) is 9.51 Å². The van der Waals surface area contributed by atoms with Crippen LogP contribution in [0.15, 0.2) is 59.3 Å². The van der Waals surface area contributed by atoms with Gasteiger partial charge in [-0.05, 0) is 49.4 Å². The lowest BCUT2D eigenvalue weighted by atomic mass is 9.89. The number of aryl methyl sites for hydroxylation is 1. The van der Waals surface area contributed by atoms with Crippen molar-refractivity contribution in [2.45, 2.75) is 44.4 Å². The van der Waals surface area contributed by atoms with Crippen molar-refractivity contribution >= 4 is 16.7 Å². The Bertz CT molecular complexity index is 1330. The lowest BCUT2D eigenvalue weighted by Gasteiger charge is -2.32. The third-order valence-electron chi connectivity index (χ3n) is 6.86. The molecule has 1 aliphatic heterocycles. The molecule has 6 rings (SSSR count). The predicted octanol–water partition coefficient (Wildman–Crippen LogP) is 5.49. The van der Waals surface area contributed by atoms with Crippen molar-refractivity contribution in [1.82, 2.24) is 20.0 Å². The van der Waals surface area contributed by atoms with Gasteiger partial charge in [-0.2, -0.15) is 0 Å². The average Bonchev–Trinajstić information content (AvgIpc) is 3.63. The molecule has 0 N–H and O–H groups in total. The van der Waals surface area contributed by atoms with Crippen LogP contribution in [-0.4, -0.2) is 39.0 Å². The van der Waals surface area contributed by atoms with Crippen LogP contribution in [0.3, 0.4) is 0 Å². The first-order valence-electron chi connectivity index (χ1n) is 11.7. The number of benzene rings is 2. The summed E-state index contributed by atoms with van der Waals surface area (Å²) in [6.07, 6.45) is 5.98. The van der Waals surface area contributed by atoms with Crippen LogP contribution >= 0.6 is 0 Å². The Morgan fingerprint density at radius 2 is 1.79 bits per heavy atom. The van der Waals surface area contributed by atoms with Crippen LogP contribution in [0, 0.1) is 6.92 Å². The highest BCUT2D eigenvalue weighted by atomic mass is 16.5. The Hall–Kier alpha value is -3.54. The third kappa shape index (κ3) is 3.80. The quantitative estimate of drug-likeness (QED) is 0.421. The summed E-state index contributed by atoms with van der Waals surface area (Å²) in [5.41, 5.74) is 3.60. The van der Waals surface area contributed by atoms with E-state index in [2.05, 4.69) is 22.3 Å². The van der Waals surface area contributed by atoms with Crippen LogP contribution in [-0.2, 0) is 0 Å². The number of likely N-dealkylation sites (tertiary alicyclic amines) is 1. The van der Waals surface area contributed by atoms with Gasteiger partial charge in [0, 0.05) is 42.8 Å². The number of piperidine rings is 1. The Labute approximate surface area is 192 Å². The molecule has 2 aromatic carbocycles. The van der Waals surface area contributed by atoms with E-state index in [-0.39, 0.29) is 11.8 Å². The number of carbonyl (C=O) groups excluding carboxylic acids is 1. The maximum Gasteiger partial charge on any atom is 0.254 e. The first kappa shape index (κ1) is 20.1. The number of aromatic nitrogens is 3. The lowest BCUT2D eigenvalue weighted by Crippen LogP contribution is -2.38. The second-order valence-corrected chi connectivity index (χ2v) is 9.23. The van der Waals surface area contributed by atoms with Gasteiger partial charge in [0.15, 0.2) is 5.76 Å². The van der Waals surface area contributed by atoms with Gasteiger partial charge in [0.1, 0.15) is 5.82 Å². The molecule has 2 fully saturated rings. The van der Waals surface area contributed by atoms with Crippen LogP contribution in [0.5, 0.6) is 0 Å². The number of hydrogen-bond acceptors (Lipinski definition) is 5. The van der Waals surface area contributed by atoms with E-state index in [9.17, 15) is 4.79 Å². The SMILES string of the molecule is Cc1cc(-c2cnc(C3CC3)nc2C2CCN(C(=O)c3cccc4ccccc34)CC2)on1. The van der Waals surface area contributed by atoms with Gasteiger partial charge in [-0.3, -0.25) is 4.79 Å². The van der Waals surface area contributed by atoms with Crippen molar-refractivity contribution in [2.24, 2.45) is 0 Å². The second kappa shape index (κ2) is 8.10. The summed E-state index contributed by atoms with van der Waals surface area (Å²) in [5, 5.41) is 6.17. The minimum Gasteiger partial charge on any atom is -0.356 e. The monoisotopic (exact) mass is 438 g/mol. The molecule has 0 radical (unpaired) electrons. The van der Waals surface area contributed by atoms with Gasteiger partial charge in [0.05, 0.1) is 17.0 Å². The summed E-state index contributed by atoms with van der Waals surface area (Å²) >= 11 is 0. The molecule has 1 saturated heterocycles. The summed E-state index contributed by atoms with van der Waals surface area (Å²) in [5.74, 6) is 2.53. The number of rotatable bonds is 4. The van der Waals surface area contributed by atoms with Gasteiger partial charge in [0.25, 0.3) is 5.91 Å². The molecule has 3 heterocycles. The van der Waals surface area contributed by atoms with Crippen LogP contribution in [0.4, 0.5) is 0 Å². The molecular formula is C27H26N4O2. The fourth-order valence-corrected chi connectivity index (χ4v) is 4.88. The summed E-state index contributed by atoms with van der Waals surface area (Å²) in [7, 11) is 0. The molecule has 6 heteroatoms. The molecule has 0 bridgehead atoms. The molecule has 33 heavy (non-hydrogen) atoms. The summed E-state index contributed by atoms with van der Waals surface area (Å²) < 4.78 is 5.56. The van der Waals surface area contributed by atoms with Crippen LogP contribution in [0.1, 0.15) is 65.1 Å². The molecule has 1 aliphatic carbocycles. The molecule has 0 atom stereocenters. The van der Waals surface area contributed by atoms with Gasteiger partial charge >= 0.3 is 0 Å². The van der Waals surface area contributed by atoms with Crippen molar-refractivity contribution in [2.75, 3.05) is 13.1 Å². The van der Waals surface area contributed by atoms with Crippen molar-refractivity contribution in [1.29, 1.82) is 0 Å².